The van der Waals surface area contributed by atoms with Crippen molar-refractivity contribution in [3.63, 3.8) is 0 Å². The van der Waals surface area contributed by atoms with E-state index < -0.39 is 4.92 Å². The van der Waals surface area contributed by atoms with Gasteiger partial charge in [-0.3, -0.25) is 10.1 Å². The molecule has 1 aromatic heterocycles. The van der Waals surface area contributed by atoms with Crippen molar-refractivity contribution in [1.29, 1.82) is 0 Å². The van der Waals surface area contributed by atoms with Crippen molar-refractivity contribution in [3.8, 4) is 0 Å². The summed E-state index contributed by atoms with van der Waals surface area (Å²) >= 11 is 0. The van der Waals surface area contributed by atoms with E-state index in [0.717, 1.165) is 12.8 Å². The molecule has 108 valence electrons. The summed E-state index contributed by atoms with van der Waals surface area (Å²) < 4.78 is 0. The summed E-state index contributed by atoms with van der Waals surface area (Å²) in [5.74, 6) is 0.225. The molecule has 0 spiro atoms. The van der Waals surface area contributed by atoms with Crippen LogP contribution in [0.15, 0.2) is 17.3 Å². The number of nitrogens with two attached hydrogens (primary N) is 1. The third-order valence-electron chi connectivity index (χ3n) is 3.64. The zero-order valence-electron chi connectivity index (χ0n) is 11.2. The highest BCUT2D eigenvalue weighted by Gasteiger charge is 2.24. The quantitative estimate of drug-likeness (QED) is 0.283. The Morgan fingerprint density at radius 3 is 2.75 bits per heavy atom. The molecule has 0 unspecified atom stereocenters. The Morgan fingerprint density at radius 1 is 1.55 bits per heavy atom. The highest BCUT2D eigenvalue weighted by Crippen LogP contribution is 2.27. The van der Waals surface area contributed by atoms with E-state index in [4.69, 9.17) is 10.9 Å². The van der Waals surface area contributed by atoms with Crippen LogP contribution in [-0.4, -0.2) is 34.0 Å². The van der Waals surface area contributed by atoms with E-state index in [2.05, 4.69) is 10.1 Å². The zero-order valence-corrected chi connectivity index (χ0v) is 11.2. The molecule has 1 fully saturated rings. The maximum atomic E-state index is 10.9. The van der Waals surface area contributed by atoms with Gasteiger partial charge in [-0.25, -0.2) is 4.98 Å². The highest BCUT2D eigenvalue weighted by atomic mass is 16.6. The summed E-state index contributed by atoms with van der Waals surface area (Å²) in [5.41, 5.74) is 5.08. The molecule has 1 aliphatic carbocycles. The van der Waals surface area contributed by atoms with E-state index in [1.165, 1.54) is 18.9 Å². The van der Waals surface area contributed by atoms with Crippen LogP contribution in [0.4, 0.5) is 11.5 Å². The molecule has 0 amide bonds. The van der Waals surface area contributed by atoms with E-state index in [0.29, 0.717) is 11.9 Å². The molecular weight excluding hydrogens is 262 g/mol. The van der Waals surface area contributed by atoms with Gasteiger partial charge in [-0.1, -0.05) is 18.0 Å². The summed E-state index contributed by atoms with van der Waals surface area (Å²) in [4.78, 5) is 16.5. The zero-order chi connectivity index (χ0) is 14.7. The van der Waals surface area contributed by atoms with Crippen molar-refractivity contribution in [3.05, 3.63) is 27.9 Å². The van der Waals surface area contributed by atoms with Gasteiger partial charge in [-0.2, -0.15) is 0 Å². The largest absolute Gasteiger partial charge is 0.409 e. The average molecular weight is 279 g/mol. The van der Waals surface area contributed by atoms with Gasteiger partial charge in [0.2, 0.25) is 0 Å². The van der Waals surface area contributed by atoms with Crippen LogP contribution in [0.2, 0.25) is 0 Å². The fraction of sp³-hybridized carbons (Fsp3) is 0.500. The fourth-order valence-electron chi connectivity index (χ4n) is 2.50. The smallest absolute Gasteiger partial charge is 0.298 e. The second-order valence-electron chi connectivity index (χ2n) is 4.83. The molecule has 0 aromatic carbocycles. The number of hydrogen-bond acceptors (Lipinski definition) is 6. The van der Waals surface area contributed by atoms with Gasteiger partial charge in [-0.15, -0.1) is 0 Å². The third kappa shape index (κ3) is 2.63. The summed E-state index contributed by atoms with van der Waals surface area (Å²) in [6, 6.07) is 3.30. The van der Waals surface area contributed by atoms with E-state index in [-0.39, 0.29) is 17.2 Å². The molecule has 8 nitrogen and oxygen atoms in total. The summed E-state index contributed by atoms with van der Waals surface area (Å²) in [6.45, 7) is 0. The molecule has 1 saturated carbocycles. The van der Waals surface area contributed by atoms with Gasteiger partial charge in [0.15, 0.2) is 11.5 Å². The van der Waals surface area contributed by atoms with Gasteiger partial charge in [0, 0.05) is 19.2 Å². The molecule has 0 radical (unpaired) electrons. The number of pyridine rings is 1. The predicted octanol–water partition coefficient (Wildman–Crippen LogP) is 1.46. The molecule has 1 aliphatic rings. The van der Waals surface area contributed by atoms with Crippen molar-refractivity contribution in [2.24, 2.45) is 10.9 Å². The number of anilines is 1. The minimum absolute atomic E-state index is 0.111. The van der Waals surface area contributed by atoms with E-state index >= 15 is 0 Å². The average Bonchev–Trinajstić information content (AvgIpc) is 2.99. The topological polar surface area (TPSA) is 118 Å². The molecule has 2 rings (SSSR count). The van der Waals surface area contributed by atoms with Crippen LogP contribution in [0.5, 0.6) is 0 Å². The van der Waals surface area contributed by atoms with E-state index in [1.807, 2.05) is 11.9 Å². The van der Waals surface area contributed by atoms with Crippen LogP contribution in [0.25, 0.3) is 0 Å². The number of amidine groups is 1. The Bertz CT molecular complexity index is 540. The van der Waals surface area contributed by atoms with Gasteiger partial charge in [0.1, 0.15) is 5.82 Å². The van der Waals surface area contributed by atoms with Crippen molar-refractivity contribution in [2.45, 2.75) is 31.7 Å². The second-order valence-corrected chi connectivity index (χ2v) is 4.83. The predicted molar refractivity (Wildman–Crippen MR) is 74.1 cm³/mol. The van der Waals surface area contributed by atoms with Crippen LogP contribution in [0, 0.1) is 10.1 Å². The monoisotopic (exact) mass is 279 g/mol. The first-order valence-electron chi connectivity index (χ1n) is 6.40. The number of oxime groups is 1. The molecule has 1 aromatic rings. The van der Waals surface area contributed by atoms with Crippen LogP contribution < -0.4 is 10.6 Å². The number of aromatic nitrogens is 1. The van der Waals surface area contributed by atoms with Crippen molar-refractivity contribution in [1.82, 2.24) is 4.98 Å². The maximum absolute atomic E-state index is 10.9. The molecule has 20 heavy (non-hydrogen) atoms. The van der Waals surface area contributed by atoms with E-state index in [9.17, 15) is 10.1 Å². The maximum Gasteiger partial charge on any atom is 0.298 e. The second kappa shape index (κ2) is 5.72. The van der Waals surface area contributed by atoms with Crippen LogP contribution in [0.3, 0.4) is 0 Å². The lowest BCUT2D eigenvalue weighted by atomic mass is 10.2. The van der Waals surface area contributed by atoms with Crippen molar-refractivity contribution in [2.75, 3.05) is 11.9 Å². The Balaban J connectivity index is 2.38. The Kier molecular flexibility index (Phi) is 4.02. The Hall–Kier alpha value is -2.38. The van der Waals surface area contributed by atoms with Gasteiger partial charge >= 0.3 is 0 Å². The van der Waals surface area contributed by atoms with Crippen molar-refractivity contribution >= 4 is 17.3 Å². The minimum atomic E-state index is -0.597. The molecule has 1 heterocycles. The van der Waals surface area contributed by atoms with Gasteiger partial charge in [0.05, 0.1) is 4.92 Å². The third-order valence-corrected chi connectivity index (χ3v) is 3.64. The number of rotatable bonds is 4. The normalized spacial score (nSPS) is 16.4. The number of hydrogen-bond donors (Lipinski definition) is 2. The number of nitro groups is 1. The van der Waals surface area contributed by atoms with Gasteiger partial charge in [0.25, 0.3) is 5.69 Å². The minimum Gasteiger partial charge on any atom is -0.409 e. The van der Waals surface area contributed by atoms with E-state index in [1.54, 1.807) is 6.07 Å². The summed E-state index contributed by atoms with van der Waals surface area (Å²) in [6.07, 6.45) is 4.51. The molecule has 0 aliphatic heterocycles. The molecule has 0 bridgehead atoms. The summed E-state index contributed by atoms with van der Waals surface area (Å²) in [7, 11) is 1.90. The van der Waals surface area contributed by atoms with Gasteiger partial charge in [-0.05, 0) is 18.9 Å². The lowest BCUT2D eigenvalue weighted by molar-refractivity contribution is -0.385. The SMILES string of the molecule is CN(c1ccc([N+](=O)[O-])c(/C(N)=N/O)n1)C1CCCC1. The Morgan fingerprint density at radius 2 is 2.20 bits per heavy atom. The fourth-order valence-corrected chi connectivity index (χ4v) is 2.50. The lowest BCUT2D eigenvalue weighted by Crippen LogP contribution is -2.30. The Labute approximate surface area is 116 Å². The molecular formula is C12H17N5O3. The van der Waals surface area contributed by atoms with Crippen LogP contribution in [0.1, 0.15) is 31.4 Å². The molecule has 0 atom stereocenters. The first kappa shape index (κ1) is 14.0. The lowest BCUT2D eigenvalue weighted by Gasteiger charge is -2.25. The summed E-state index contributed by atoms with van der Waals surface area (Å²) in [5, 5.41) is 22.5. The molecule has 0 saturated heterocycles. The van der Waals surface area contributed by atoms with Crippen molar-refractivity contribution < 1.29 is 10.1 Å². The first-order valence-corrected chi connectivity index (χ1v) is 6.40. The van der Waals surface area contributed by atoms with Gasteiger partial charge < -0.3 is 15.8 Å². The number of nitrogens with zero attached hydrogens (tertiary/aromatic N) is 4. The first-order chi connectivity index (χ1) is 9.54. The standard InChI is InChI=1S/C12H17N5O3/c1-16(8-4-2-3-5-8)10-7-6-9(17(19)20)11(14-10)12(13)15-18/h6-8,18H,2-5H2,1H3,(H2,13,15). The molecule has 8 heteroatoms. The van der Waals surface area contributed by atoms with Crippen LogP contribution in [-0.2, 0) is 0 Å². The molecule has 3 N–H and O–H groups in total. The van der Waals surface area contributed by atoms with Crippen LogP contribution >= 0.6 is 0 Å². The highest BCUT2D eigenvalue weighted by molar-refractivity contribution is 5.99.